The smallest absolute Gasteiger partial charge is 0.144 e. The number of thiophene rings is 1. The number of aliphatic hydroxyl groups is 1. The van der Waals surface area contributed by atoms with Crippen molar-refractivity contribution < 1.29 is 9.84 Å². The number of ether oxygens (including phenoxy) is 1. The van der Waals surface area contributed by atoms with Crippen LogP contribution in [-0.2, 0) is 6.61 Å². The summed E-state index contributed by atoms with van der Waals surface area (Å²) >= 11 is 10.4. The Morgan fingerprint density at radius 2 is 2.09 bits per heavy atom. The summed E-state index contributed by atoms with van der Waals surface area (Å²) in [6.07, 6.45) is 5.16. The predicted octanol–water partition coefficient (Wildman–Crippen LogP) is 7.94. The van der Waals surface area contributed by atoms with Crippen LogP contribution >= 0.6 is 43.1 Å². The second kappa shape index (κ2) is 9.08. The van der Waals surface area contributed by atoms with Crippen molar-refractivity contribution in [3.63, 3.8) is 0 Å². The summed E-state index contributed by atoms with van der Waals surface area (Å²) < 4.78 is 10.4. The zero-order valence-electron chi connectivity index (χ0n) is 20.5. The predicted molar refractivity (Wildman–Crippen MR) is 153 cm³/mol. The van der Waals surface area contributed by atoms with Gasteiger partial charge in [0.15, 0.2) is 0 Å². The van der Waals surface area contributed by atoms with Crippen molar-refractivity contribution in [1.82, 2.24) is 4.31 Å². The molecule has 1 saturated carbocycles. The van der Waals surface area contributed by atoms with Crippen LogP contribution in [0.15, 0.2) is 30.1 Å². The fraction of sp³-hybridized carbons (Fsp3) is 0.519. The van der Waals surface area contributed by atoms with E-state index in [0.717, 1.165) is 29.3 Å². The summed E-state index contributed by atoms with van der Waals surface area (Å²) in [5.41, 5.74) is 3.86. The molecule has 1 aromatic carbocycles. The maximum atomic E-state index is 9.77. The van der Waals surface area contributed by atoms with Crippen LogP contribution < -0.4 is 9.64 Å². The number of anilines is 1. The van der Waals surface area contributed by atoms with E-state index in [-0.39, 0.29) is 11.4 Å². The molecule has 3 aliphatic rings. The molecule has 1 saturated heterocycles. The van der Waals surface area contributed by atoms with E-state index in [0.29, 0.717) is 23.2 Å². The zero-order chi connectivity index (χ0) is 24.4. The fourth-order valence-corrected chi connectivity index (χ4v) is 9.65. The minimum atomic E-state index is 0.0782. The Labute approximate surface area is 222 Å². The molecular formula is C27H32ClN2O2PS2. The highest BCUT2D eigenvalue weighted by Crippen LogP contribution is 2.54. The van der Waals surface area contributed by atoms with Crippen molar-refractivity contribution in [3.05, 3.63) is 40.0 Å². The molecule has 2 aliphatic heterocycles. The standard InChI is InChI=1S/C27H32ClN2O2PS2/c1-26(2,3)35-30-15-18(14-27(30)6-4-7-27)29-8-9-32-22-12-17(28)11-21(24(22)29)20-5-10-33-23-13-19(16-31)34-25(20)23/h5,10-13,18,31H,4,6-9,14-16H2,1-3H3. The van der Waals surface area contributed by atoms with Gasteiger partial charge in [0, 0.05) is 59.8 Å². The molecule has 1 spiro atoms. The molecule has 1 atom stereocenters. The van der Waals surface area contributed by atoms with E-state index in [1.807, 2.05) is 18.0 Å². The third kappa shape index (κ3) is 4.39. The van der Waals surface area contributed by atoms with Gasteiger partial charge < -0.3 is 14.7 Å². The molecule has 1 unspecified atom stereocenters. The third-order valence-electron chi connectivity index (χ3n) is 7.46. The molecule has 1 N–H and O–H groups in total. The van der Waals surface area contributed by atoms with Crippen molar-refractivity contribution in [2.45, 2.75) is 69.4 Å². The first kappa shape index (κ1) is 24.3. The van der Waals surface area contributed by atoms with E-state index in [1.54, 1.807) is 11.3 Å². The highest BCUT2D eigenvalue weighted by Gasteiger charge is 2.52. The minimum absolute atomic E-state index is 0.0782. The summed E-state index contributed by atoms with van der Waals surface area (Å²) in [5.74, 6) is 3.10. The molecule has 8 heteroatoms. The molecule has 3 aromatic rings. The molecule has 0 amide bonds. The first-order valence-corrected chi connectivity index (χ1v) is 15.4. The van der Waals surface area contributed by atoms with Crippen molar-refractivity contribution in [3.8, 4) is 16.9 Å². The second-order valence-electron chi connectivity index (χ2n) is 11.0. The average Bonchev–Trinajstić information content (AvgIpc) is 3.38. The lowest BCUT2D eigenvalue weighted by atomic mass is 9.75. The molecule has 2 fully saturated rings. The lowest BCUT2D eigenvalue weighted by Gasteiger charge is -2.47. The summed E-state index contributed by atoms with van der Waals surface area (Å²) in [4.78, 5) is 3.63. The van der Waals surface area contributed by atoms with Gasteiger partial charge in [-0.05, 0) is 70.5 Å². The van der Waals surface area contributed by atoms with Gasteiger partial charge in [-0.15, -0.1) is 11.3 Å². The molecule has 6 rings (SSSR count). The quantitative estimate of drug-likeness (QED) is 0.336. The Morgan fingerprint density at radius 3 is 2.80 bits per heavy atom. The monoisotopic (exact) mass is 546 g/mol. The number of hydrogen-bond donors (Lipinski definition) is 1. The normalized spacial score (nSPS) is 22.1. The lowest BCUT2D eigenvalue weighted by Crippen LogP contribution is -2.47. The zero-order valence-corrected chi connectivity index (χ0v) is 23.8. The second-order valence-corrected chi connectivity index (χ2v) is 15.4. The molecule has 2 aromatic heterocycles. The van der Waals surface area contributed by atoms with Gasteiger partial charge in [0.05, 0.1) is 18.8 Å². The van der Waals surface area contributed by atoms with Crippen molar-refractivity contribution in [2.75, 3.05) is 24.6 Å². The Balaban J connectivity index is 1.44. The van der Waals surface area contributed by atoms with Crippen molar-refractivity contribution >= 4 is 58.6 Å². The first-order chi connectivity index (χ1) is 16.8. The van der Waals surface area contributed by atoms with Gasteiger partial charge in [0.1, 0.15) is 12.4 Å². The van der Waals surface area contributed by atoms with E-state index in [4.69, 9.17) is 16.3 Å². The SMILES string of the molecule is CC(C)(C)SN1CC(N2CCOc3cc(Cl)cc(-c4ccpc5cc(CO)sc45)c32)CC12CCC2. The average molecular weight is 547 g/mol. The van der Waals surface area contributed by atoms with Crippen LogP contribution in [0.25, 0.3) is 20.9 Å². The Morgan fingerprint density at radius 1 is 1.26 bits per heavy atom. The van der Waals surface area contributed by atoms with Crippen LogP contribution in [0.3, 0.4) is 0 Å². The molecule has 1 aliphatic carbocycles. The largest absolute Gasteiger partial charge is 0.489 e. The number of nitrogens with zero attached hydrogens (tertiary/aromatic N) is 2. The van der Waals surface area contributed by atoms with E-state index in [9.17, 15) is 5.11 Å². The van der Waals surface area contributed by atoms with Gasteiger partial charge in [-0.3, -0.25) is 0 Å². The maximum absolute atomic E-state index is 9.77. The topological polar surface area (TPSA) is 35.9 Å². The van der Waals surface area contributed by atoms with Crippen LogP contribution in [-0.4, -0.2) is 45.4 Å². The van der Waals surface area contributed by atoms with E-state index in [2.05, 4.69) is 54.0 Å². The number of fused-ring (bicyclic) bond motifs is 2. The number of aliphatic hydroxyl groups excluding tert-OH is 1. The number of hydrogen-bond acceptors (Lipinski definition) is 6. The van der Waals surface area contributed by atoms with Crippen molar-refractivity contribution in [2.24, 2.45) is 0 Å². The molecule has 186 valence electrons. The Kier molecular flexibility index (Phi) is 6.31. The van der Waals surface area contributed by atoms with E-state index < -0.39 is 0 Å². The van der Waals surface area contributed by atoms with Gasteiger partial charge in [-0.2, -0.15) is 0 Å². The van der Waals surface area contributed by atoms with Crippen molar-refractivity contribution in [1.29, 1.82) is 0 Å². The van der Waals surface area contributed by atoms with E-state index in [1.165, 1.54) is 54.9 Å². The summed E-state index contributed by atoms with van der Waals surface area (Å²) in [5, 5.41) is 11.7. The van der Waals surface area contributed by atoms with Gasteiger partial charge in [-0.25, -0.2) is 4.31 Å². The Hall–Kier alpha value is -1.01. The highest BCUT2D eigenvalue weighted by atomic mass is 35.5. The van der Waals surface area contributed by atoms with Gasteiger partial charge in [0.2, 0.25) is 0 Å². The van der Waals surface area contributed by atoms with Crippen LogP contribution in [0, 0.1) is 0 Å². The molecular weight excluding hydrogens is 515 g/mol. The number of halogens is 1. The molecule has 0 bridgehead atoms. The van der Waals surface area contributed by atoms with Crippen LogP contribution in [0.1, 0.15) is 51.3 Å². The lowest BCUT2D eigenvalue weighted by molar-refractivity contribution is 0.136. The maximum Gasteiger partial charge on any atom is 0.144 e. The summed E-state index contributed by atoms with van der Waals surface area (Å²) in [6, 6.07) is 8.92. The summed E-state index contributed by atoms with van der Waals surface area (Å²) in [7, 11) is 1.18. The highest BCUT2D eigenvalue weighted by molar-refractivity contribution is 7.98. The van der Waals surface area contributed by atoms with Crippen LogP contribution in [0.5, 0.6) is 5.75 Å². The molecule has 35 heavy (non-hydrogen) atoms. The minimum Gasteiger partial charge on any atom is -0.489 e. The third-order valence-corrected chi connectivity index (χ3v) is 11.2. The van der Waals surface area contributed by atoms with Gasteiger partial charge in [0.25, 0.3) is 0 Å². The molecule has 0 radical (unpaired) electrons. The first-order valence-electron chi connectivity index (χ1n) is 12.4. The number of rotatable bonds is 4. The van der Waals surface area contributed by atoms with Crippen LogP contribution in [0.2, 0.25) is 5.02 Å². The summed E-state index contributed by atoms with van der Waals surface area (Å²) in [6.45, 7) is 9.71. The number of benzene rings is 1. The van der Waals surface area contributed by atoms with E-state index >= 15 is 0 Å². The molecule has 4 heterocycles. The van der Waals surface area contributed by atoms with Crippen LogP contribution in [0.4, 0.5) is 5.69 Å². The fourth-order valence-electron chi connectivity index (χ4n) is 5.90. The van der Waals surface area contributed by atoms with Gasteiger partial charge in [-0.1, -0.05) is 31.7 Å². The molecule has 4 nitrogen and oxygen atoms in total. The Bertz CT molecular complexity index is 1270. The van der Waals surface area contributed by atoms with Gasteiger partial charge >= 0.3 is 0 Å².